The Morgan fingerprint density at radius 1 is 1.17 bits per heavy atom. The molecule has 18 heavy (non-hydrogen) atoms. The molecule has 2 aliphatic rings. The number of hydrogen-bond acceptors (Lipinski definition) is 3. The molecule has 0 bridgehead atoms. The molecule has 0 saturated heterocycles. The van der Waals surface area contributed by atoms with Crippen LogP contribution in [-0.4, -0.2) is 38.0 Å². The molecule has 0 aromatic heterocycles. The Hall–Kier alpha value is -0.120. The first-order valence-corrected chi connectivity index (χ1v) is 7.61. The lowest BCUT2D eigenvalue weighted by molar-refractivity contribution is -0.133. The van der Waals surface area contributed by atoms with Gasteiger partial charge in [-0.2, -0.15) is 0 Å². The van der Waals surface area contributed by atoms with Crippen LogP contribution in [0.25, 0.3) is 0 Å². The number of rotatable bonds is 6. The summed E-state index contributed by atoms with van der Waals surface area (Å²) in [5.41, 5.74) is 0. The Bertz CT molecular complexity index is 259. The standard InChI is InChI=1S/C15H29NO2/c1-5-11-7-8-12(10(11)3)16-13-9-14(18-6-2)15(13)17-4/h10-16H,5-9H2,1-4H3. The fourth-order valence-corrected chi connectivity index (χ4v) is 3.77. The van der Waals surface area contributed by atoms with Crippen molar-refractivity contribution >= 4 is 0 Å². The van der Waals surface area contributed by atoms with E-state index in [1.165, 1.54) is 19.3 Å². The van der Waals surface area contributed by atoms with Gasteiger partial charge in [0.25, 0.3) is 0 Å². The molecule has 106 valence electrons. The first kappa shape index (κ1) is 14.3. The summed E-state index contributed by atoms with van der Waals surface area (Å²) in [6.07, 6.45) is 5.68. The summed E-state index contributed by atoms with van der Waals surface area (Å²) in [5, 5.41) is 3.81. The third-order valence-electron chi connectivity index (χ3n) is 5.08. The van der Waals surface area contributed by atoms with Crippen LogP contribution in [0.1, 0.15) is 46.5 Å². The van der Waals surface area contributed by atoms with Crippen molar-refractivity contribution in [2.45, 2.75) is 70.7 Å². The Kier molecular flexibility index (Phi) is 5.05. The van der Waals surface area contributed by atoms with E-state index in [2.05, 4.69) is 26.1 Å². The molecule has 1 N–H and O–H groups in total. The van der Waals surface area contributed by atoms with Gasteiger partial charge >= 0.3 is 0 Å². The van der Waals surface area contributed by atoms with Gasteiger partial charge in [-0.15, -0.1) is 0 Å². The maximum Gasteiger partial charge on any atom is 0.0986 e. The minimum absolute atomic E-state index is 0.248. The quantitative estimate of drug-likeness (QED) is 0.791. The van der Waals surface area contributed by atoms with E-state index < -0.39 is 0 Å². The Morgan fingerprint density at radius 3 is 2.50 bits per heavy atom. The average Bonchev–Trinajstić information content (AvgIpc) is 2.69. The summed E-state index contributed by atoms with van der Waals surface area (Å²) >= 11 is 0. The van der Waals surface area contributed by atoms with E-state index in [-0.39, 0.29) is 6.10 Å². The lowest BCUT2D eigenvalue weighted by atomic mass is 9.83. The lowest BCUT2D eigenvalue weighted by Crippen LogP contribution is -2.62. The SMILES string of the molecule is CCOC1CC(NC2CCC(CC)C2C)C1OC. The Morgan fingerprint density at radius 2 is 1.94 bits per heavy atom. The first-order valence-electron chi connectivity index (χ1n) is 7.61. The highest BCUT2D eigenvalue weighted by molar-refractivity contribution is 5.00. The largest absolute Gasteiger partial charge is 0.377 e. The molecule has 0 amide bonds. The van der Waals surface area contributed by atoms with Gasteiger partial charge in [0.1, 0.15) is 0 Å². The van der Waals surface area contributed by atoms with Crippen molar-refractivity contribution in [3.8, 4) is 0 Å². The van der Waals surface area contributed by atoms with E-state index in [1.54, 1.807) is 7.11 Å². The number of nitrogens with one attached hydrogen (secondary N) is 1. The maximum absolute atomic E-state index is 5.68. The van der Waals surface area contributed by atoms with Crippen LogP contribution in [0.2, 0.25) is 0 Å². The van der Waals surface area contributed by atoms with E-state index in [9.17, 15) is 0 Å². The summed E-state index contributed by atoms with van der Waals surface area (Å²) in [4.78, 5) is 0. The predicted octanol–water partition coefficient (Wildman–Crippen LogP) is 2.59. The molecule has 3 nitrogen and oxygen atoms in total. The van der Waals surface area contributed by atoms with Gasteiger partial charge in [-0.05, 0) is 38.0 Å². The fraction of sp³-hybridized carbons (Fsp3) is 1.00. The number of hydrogen-bond donors (Lipinski definition) is 1. The molecule has 2 fully saturated rings. The van der Waals surface area contributed by atoms with Gasteiger partial charge in [0.15, 0.2) is 0 Å². The zero-order valence-electron chi connectivity index (χ0n) is 12.3. The highest BCUT2D eigenvalue weighted by Crippen LogP contribution is 2.36. The second kappa shape index (κ2) is 6.36. The van der Waals surface area contributed by atoms with E-state index in [1.807, 2.05) is 0 Å². The zero-order chi connectivity index (χ0) is 13.1. The smallest absolute Gasteiger partial charge is 0.0986 e. The second-order valence-electron chi connectivity index (χ2n) is 5.91. The summed E-state index contributed by atoms with van der Waals surface area (Å²) in [6.45, 7) is 7.56. The second-order valence-corrected chi connectivity index (χ2v) is 5.91. The first-order chi connectivity index (χ1) is 8.71. The van der Waals surface area contributed by atoms with Gasteiger partial charge in [-0.1, -0.05) is 20.3 Å². The van der Waals surface area contributed by atoms with Crippen LogP contribution in [0.15, 0.2) is 0 Å². The monoisotopic (exact) mass is 255 g/mol. The Balaban J connectivity index is 1.81. The minimum atomic E-state index is 0.248. The van der Waals surface area contributed by atoms with Crippen LogP contribution in [0, 0.1) is 11.8 Å². The molecule has 6 unspecified atom stereocenters. The van der Waals surface area contributed by atoms with Gasteiger partial charge in [0.05, 0.1) is 12.2 Å². The van der Waals surface area contributed by atoms with E-state index in [0.717, 1.165) is 24.9 Å². The molecule has 3 heteroatoms. The van der Waals surface area contributed by atoms with Gasteiger partial charge in [-0.25, -0.2) is 0 Å². The molecular weight excluding hydrogens is 226 g/mol. The predicted molar refractivity (Wildman–Crippen MR) is 73.7 cm³/mol. The fourth-order valence-electron chi connectivity index (χ4n) is 3.77. The highest BCUT2D eigenvalue weighted by Gasteiger charge is 2.44. The van der Waals surface area contributed by atoms with E-state index in [0.29, 0.717) is 18.2 Å². The number of methoxy groups -OCH3 is 1. The summed E-state index contributed by atoms with van der Waals surface area (Å²) < 4.78 is 11.3. The average molecular weight is 255 g/mol. The van der Waals surface area contributed by atoms with Crippen LogP contribution < -0.4 is 5.32 Å². The molecule has 0 aromatic rings. The van der Waals surface area contributed by atoms with Crippen molar-refractivity contribution < 1.29 is 9.47 Å². The molecule has 2 saturated carbocycles. The normalized spacial score (nSPS) is 44.0. The zero-order valence-corrected chi connectivity index (χ0v) is 12.3. The van der Waals surface area contributed by atoms with Gasteiger partial charge in [-0.3, -0.25) is 0 Å². The van der Waals surface area contributed by atoms with Crippen molar-refractivity contribution in [2.24, 2.45) is 11.8 Å². The van der Waals surface area contributed by atoms with Crippen molar-refractivity contribution in [1.29, 1.82) is 0 Å². The van der Waals surface area contributed by atoms with Crippen LogP contribution in [0.5, 0.6) is 0 Å². The van der Waals surface area contributed by atoms with Crippen molar-refractivity contribution in [3.63, 3.8) is 0 Å². The van der Waals surface area contributed by atoms with E-state index in [4.69, 9.17) is 9.47 Å². The summed E-state index contributed by atoms with van der Waals surface area (Å²) in [5.74, 6) is 1.71. The van der Waals surface area contributed by atoms with Crippen LogP contribution >= 0.6 is 0 Å². The van der Waals surface area contributed by atoms with Gasteiger partial charge in [0.2, 0.25) is 0 Å². The van der Waals surface area contributed by atoms with Crippen molar-refractivity contribution in [2.75, 3.05) is 13.7 Å². The highest BCUT2D eigenvalue weighted by atomic mass is 16.5. The van der Waals surface area contributed by atoms with Crippen molar-refractivity contribution in [1.82, 2.24) is 5.32 Å². The molecule has 0 aromatic carbocycles. The summed E-state index contributed by atoms with van der Waals surface area (Å²) in [7, 11) is 1.80. The summed E-state index contributed by atoms with van der Waals surface area (Å²) in [6, 6.07) is 1.18. The topological polar surface area (TPSA) is 30.5 Å². The van der Waals surface area contributed by atoms with Gasteiger partial charge in [0, 0.05) is 25.8 Å². The maximum atomic E-state index is 5.68. The molecule has 2 aliphatic carbocycles. The lowest BCUT2D eigenvalue weighted by Gasteiger charge is -2.45. The minimum Gasteiger partial charge on any atom is -0.377 e. The van der Waals surface area contributed by atoms with Crippen molar-refractivity contribution in [3.05, 3.63) is 0 Å². The third kappa shape index (κ3) is 2.73. The van der Waals surface area contributed by atoms with Crippen LogP contribution in [0.4, 0.5) is 0 Å². The Labute approximate surface area is 112 Å². The third-order valence-corrected chi connectivity index (χ3v) is 5.08. The van der Waals surface area contributed by atoms with E-state index >= 15 is 0 Å². The molecule has 6 atom stereocenters. The molecule has 0 radical (unpaired) electrons. The van der Waals surface area contributed by atoms with Crippen LogP contribution in [-0.2, 0) is 9.47 Å². The molecule has 0 spiro atoms. The molecule has 0 aliphatic heterocycles. The van der Waals surface area contributed by atoms with Gasteiger partial charge < -0.3 is 14.8 Å². The number of ether oxygens (including phenoxy) is 2. The molecule has 0 heterocycles. The molecule has 2 rings (SSSR count). The molecular formula is C15H29NO2. The van der Waals surface area contributed by atoms with Crippen LogP contribution in [0.3, 0.4) is 0 Å².